The molecule has 0 N–H and O–H groups in total. The monoisotopic (exact) mass is 248 g/mol. The minimum absolute atomic E-state index is 0.273. The van der Waals surface area contributed by atoms with Gasteiger partial charge in [0.25, 0.3) is 0 Å². The van der Waals surface area contributed by atoms with Gasteiger partial charge in [-0.05, 0) is 24.5 Å². The Bertz CT molecular complexity index is 461. The maximum Gasteiger partial charge on any atom is 0.311 e. The lowest BCUT2D eigenvalue weighted by Crippen LogP contribution is -2.22. The molecule has 0 saturated heterocycles. The predicted molar refractivity (Wildman–Crippen MR) is 54.7 cm³/mol. The molecule has 1 aliphatic carbocycles. The van der Waals surface area contributed by atoms with Crippen LogP contribution in [0, 0.1) is 0 Å². The lowest BCUT2D eigenvalue weighted by molar-refractivity contribution is -0.140. The summed E-state index contributed by atoms with van der Waals surface area (Å²) in [4.78, 5) is 11.0. The molecule has 0 amide bonds. The molecular formula is C9H9ClO4S. The van der Waals surface area contributed by atoms with E-state index in [9.17, 15) is 13.2 Å². The molecule has 1 unspecified atom stereocenters. The van der Waals surface area contributed by atoms with Gasteiger partial charge in [0, 0.05) is 17.1 Å². The Balaban J connectivity index is 2.24. The summed E-state index contributed by atoms with van der Waals surface area (Å²) in [6.07, 6.45) is 4.16. The van der Waals surface area contributed by atoms with E-state index in [0.717, 1.165) is 5.57 Å². The lowest BCUT2D eigenvalue weighted by Gasteiger charge is -2.23. The second-order valence-electron chi connectivity index (χ2n) is 3.52. The lowest BCUT2D eigenvalue weighted by atomic mass is 9.97. The van der Waals surface area contributed by atoms with Crippen LogP contribution in [0.15, 0.2) is 23.5 Å². The minimum Gasteiger partial charge on any atom is -0.427 e. The van der Waals surface area contributed by atoms with Gasteiger partial charge in [-0.1, -0.05) is 6.08 Å². The molecule has 0 aromatic heterocycles. The van der Waals surface area contributed by atoms with Crippen molar-refractivity contribution < 1.29 is 17.9 Å². The Hall–Kier alpha value is -0.810. The molecule has 0 aromatic rings. The first-order valence-corrected chi connectivity index (χ1v) is 6.88. The van der Waals surface area contributed by atoms with Crippen LogP contribution in [0.4, 0.5) is 0 Å². The molecule has 82 valence electrons. The molecule has 1 heterocycles. The van der Waals surface area contributed by atoms with Crippen molar-refractivity contribution in [2.45, 2.75) is 24.5 Å². The van der Waals surface area contributed by atoms with Crippen LogP contribution in [0.25, 0.3) is 0 Å². The van der Waals surface area contributed by atoms with Crippen LogP contribution in [-0.4, -0.2) is 19.6 Å². The van der Waals surface area contributed by atoms with Crippen molar-refractivity contribution in [2.24, 2.45) is 0 Å². The van der Waals surface area contributed by atoms with Crippen molar-refractivity contribution in [1.29, 1.82) is 0 Å². The Morgan fingerprint density at radius 3 is 2.80 bits per heavy atom. The molecule has 0 saturated carbocycles. The van der Waals surface area contributed by atoms with E-state index in [4.69, 9.17) is 15.4 Å². The zero-order valence-corrected chi connectivity index (χ0v) is 9.35. The molecule has 0 fully saturated rings. The van der Waals surface area contributed by atoms with Crippen LogP contribution in [0.5, 0.6) is 0 Å². The second-order valence-corrected chi connectivity index (χ2v) is 6.37. The first kappa shape index (κ1) is 10.7. The number of esters is 1. The summed E-state index contributed by atoms with van der Waals surface area (Å²) in [5.41, 5.74) is 0.853. The van der Waals surface area contributed by atoms with Crippen LogP contribution in [0.3, 0.4) is 0 Å². The molecule has 1 atom stereocenters. The average molecular weight is 249 g/mol. The normalized spacial score (nSPS) is 26.2. The summed E-state index contributed by atoms with van der Waals surface area (Å²) >= 11 is 0. The number of ether oxygens (including phenoxy) is 1. The molecule has 0 aromatic carbocycles. The van der Waals surface area contributed by atoms with E-state index >= 15 is 0 Å². The van der Waals surface area contributed by atoms with Crippen LogP contribution in [0.1, 0.15) is 19.3 Å². The molecule has 0 bridgehead atoms. The van der Waals surface area contributed by atoms with Gasteiger partial charge in [-0.25, -0.2) is 8.42 Å². The highest BCUT2D eigenvalue weighted by molar-refractivity contribution is 8.14. The molecule has 6 heteroatoms. The number of carbonyl (C=O) groups excluding carboxylic acids is 1. The molecule has 1 aliphatic heterocycles. The van der Waals surface area contributed by atoms with Gasteiger partial charge in [-0.3, -0.25) is 4.79 Å². The van der Waals surface area contributed by atoms with Crippen LogP contribution in [-0.2, 0) is 18.6 Å². The zero-order valence-electron chi connectivity index (χ0n) is 7.77. The average Bonchev–Trinajstić information content (AvgIpc) is 2.15. The van der Waals surface area contributed by atoms with Gasteiger partial charge >= 0.3 is 5.97 Å². The smallest absolute Gasteiger partial charge is 0.311 e. The highest BCUT2D eigenvalue weighted by atomic mass is 35.7. The first-order chi connectivity index (χ1) is 6.97. The van der Waals surface area contributed by atoms with Gasteiger partial charge in [0.05, 0.1) is 5.25 Å². The van der Waals surface area contributed by atoms with E-state index in [1.807, 2.05) is 0 Å². The third-order valence-corrected chi connectivity index (χ3v) is 4.21. The summed E-state index contributed by atoms with van der Waals surface area (Å²) in [6, 6.07) is 0. The Morgan fingerprint density at radius 1 is 1.40 bits per heavy atom. The molecule has 2 aliphatic rings. The van der Waals surface area contributed by atoms with E-state index < -0.39 is 14.3 Å². The number of rotatable bonds is 1. The van der Waals surface area contributed by atoms with Gasteiger partial charge in [0.2, 0.25) is 9.05 Å². The highest BCUT2D eigenvalue weighted by Crippen LogP contribution is 2.32. The fraction of sp³-hybridized carbons (Fsp3) is 0.444. The predicted octanol–water partition coefficient (Wildman–Crippen LogP) is 1.47. The number of allylic oxidation sites excluding steroid dienone is 2. The van der Waals surface area contributed by atoms with E-state index in [2.05, 4.69) is 0 Å². The molecule has 0 radical (unpaired) electrons. The van der Waals surface area contributed by atoms with Crippen molar-refractivity contribution in [3.8, 4) is 0 Å². The summed E-state index contributed by atoms with van der Waals surface area (Å²) < 4.78 is 27.2. The molecule has 15 heavy (non-hydrogen) atoms. The number of hydrogen-bond donors (Lipinski definition) is 0. The standard InChI is InChI=1S/C9H9ClO4S/c10-15(12,13)7-2-3-8-6(5-7)1-4-9(11)14-8/h2-3,7H,1,4-5H2. The Labute approximate surface area is 92.0 Å². The van der Waals surface area contributed by atoms with Gasteiger partial charge in [-0.15, -0.1) is 0 Å². The fourth-order valence-corrected chi connectivity index (χ4v) is 2.71. The molecule has 0 spiro atoms. The summed E-state index contributed by atoms with van der Waals surface area (Å²) in [5.74, 6) is 0.216. The van der Waals surface area contributed by atoms with E-state index in [-0.39, 0.29) is 5.97 Å². The summed E-state index contributed by atoms with van der Waals surface area (Å²) in [6.45, 7) is 0. The third-order valence-electron chi connectivity index (χ3n) is 2.47. The first-order valence-electron chi connectivity index (χ1n) is 4.51. The van der Waals surface area contributed by atoms with Crippen molar-refractivity contribution in [3.63, 3.8) is 0 Å². The van der Waals surface area contributed by atoms with Gasteiger partial charge in [-0.2, -0.15) is 0 Å². The zero-order chi connectivity index (χ0) is 11.1. The summed E-state index contributed by atoms with van der Waals surface area (Å²) in [7, 11) is 1.68. The van der Waals surface area contributed by atoms with Crippen molar-refractivity contribution >= 4 is 25.7 Å². The molecule has 4 nitrogen and oxygen atoms in total. The van der Waals surface area contributed by atoms with Crippen molar-refractivity contribution in [1.82, 2.24) is 0 Å². The minimum atomic E-state index is -3.58. The van der Waals surface area contributed by atoms with Crippen LogP contribution >= 0.6 is 10.7 Å². The quantitative estimate of drug-likeness (QED) is 0.521. The van der Waals surface area contributed by atoms with Crippen LogP contribution < -0.4 is 0 Å². The molecular weight excluding hydrogens is 240 g/mol. The van der Waals surface area contributed by atoms with Gasteiger partial charge in [0.15, 0.2) is 0 Å². The third kappa shape index (κ3) is 2.23. The summed E-state index contributed by atoms with van der Waals surface area (Å²) in [5, 5.41) is -0.699. The van der Waals surface area contributed by atoms with Gasteiger partial charge in [0.1, 0.15) is 5.76 Å². The van der Waals surface area contributed by atoms with E-state index in [0.29, 0.717) is 25.0 Å². The number of halogens is 1. The maximum absolute atomic E-state index is 11.1. The number of hydrogen-bond acceptors (Lipinski definition) is 4. The topological polar surface area (TPSA) is 60.4 Å². The van der Waals surface area contributed by atoms with Crippen molar-refractivity contribution in [2.75, 3.05) is 0 Å². The van der Waals surface area contributed by atoms with Gasteiger partial charge < -0.3 is 4.74 Å². The van der Waals surface area contributed by atoms with E-state index in [1.54, 1.807) is 0 Å². The Morgan fingerprint density at radius 2 is 2.13 bits per heavy atom. The van der Waals surface area contributed by atoms with Crippen LogP contribution in [0.2, 0.25) is 0 Å². The van der Waals surface area contributed by atoms with Crippen molar-refractivity contribution in [3.05, 3.63) is 23.5 Å². The fourth-order valence-electron chi connectivity index (χ4n) is 1.68. The molecule has 2 rings (SSSR count). The highest BCUT2D eigenvalue weighted by Gasteiger charge is 2.29. The Kier molecular flexibility index (Phi) is 2.60. The maximum atomic E-state index is 11.1. The van der Waals surface area contributed by atoms with E-state index in [1.165, 1.54) is 12.2 Å². The largest absolute Gasteiger partial charge is 0.427 e. The SMILES string of the molecule is O=C1CCC2=C(C=CC(S(=O)(=O)Cl)C2)O1. The second kappa shape index (κ2) is 3.64. The number of carbonyl (C=O) groups is 1.